The van der Waals surface area contributed by atoms with Crippen LogP contribution < -0.4 is 5.32 Å². The third-order valence-electron chi connectivity index (χ3n) is 5.21. The van der Waals surface area contributed by atoms with Gasteiger partial charge in [0.15, 0.2) is 0 Å². The number of carbonyl (C=O) groups is 1. The van der Waals surface area contributed by atoms with E-state index < -0.39 is 5.97 Å². The Hall–Kier alpha value is -2.13. The van der Waals surface area contributed by atoms with E-state index >= 15 is 0 Å². The third-order valence-corrected chi connectivity index (χ3v) is 5.21. The van der Waals surface area contributed by atoms with Gasteiger partial charge in [-0.15, -0.1) is 0 Å². The van der Waals surface area contributed by atoms with Gasteiger partial charge in [-0.1, -0.05) is 36.4 Å². The number of benzene rings is 2. The van der Waals surface area contributed by atoms with Crippen LogP contribution in [0.4, 0.5) is 0 Å². The lowest BCUT2D eigenvalue weighted by Gasteiger charge is -2.30. The Morgan fingerprint density at radius 1 is 1.05 bits per heavy atom. The van der Waals surface area contributed by atoms with E-state index in [-0.39, 0.29) is 0 Å². The first kappa shape index (κ1) is 13.5. The molecule has 1 heterocycles. The van der Waals surface area contributed by atoms with Crippen molar-refractivity contribution in [2.75, 3.05) is 13.1 Å². The molecule has 1 saturated heterocycles. The minimum atomic E-state index is -0.863. The summed E-state index contributed by atoms with van der Waals surface area (Å²) in [5.41, 5.74) is 4.49. The molecule has 0 radical (unpaired) electrons. The molecular weight excluding hydrogens is 274 g/mol. The molecule has 4 rings (SSSR count). The van der Waals surface area contributed by atoms with Gasteiger partial charge in [-0.05, 0) is 47.7 Å². The molecule has 1 aliphatic heterocycles. The number of nitrogens with one attached hydrogen (secondary N) is 1. The highest BCUT2D eigenvalue weighted by molar-refractivity contribution is 5.87. The fourth-order valence-electron chi connectivity index (χ4n) is 4.24. The highest BCUT2D eigenvalue weighted by Crippen LogP contribution is 2.51. The molecular formula is C19H19NO2. The van der Waals surface area contributed by atoms with Gasteiger partial charge in [0, 0.05) is 18.4 Å². The van der Waals surface area contributed by atoms with Crippen LogP contribution in [-0.4, -0.2) is 24.2 Å². The van der Waals surface area contributed by atoms with E-state index in [0.29, 0.717) is 23.3 Å². The first-order valence-electron chi connectivity index (χ1n) is 7.88. The van der Waals surface area contributed by atoms with E-state index in [1.807, 2.05) is 12.1 Å². The minimum absolute atomic E-state index is 0.358. The number of piperidine rings is 1. The Balaban J connectivity index is 1.78. The lowest BCUT2D eigenvalue weighted by Crippen LogP contribution is -2.34. The van der Waals surface area contributed by atoms with Gasteiger partial charge in [-0.2, -0.15) is 0 Å². The number of carboxylic acids is 1. The molecule has 0 spiro atoms. The van der Waals surface area contributed by atoms with Crippen molar-refractivity contribution in [2.24, 2.45) is 5.92 Å². The average Bonchev–Trinajstić information content (AvgIpc) is 2.89. The summed E-state index contributed by atoms with van der Waals surface area (Å²) in [6, 6.07) is 16.2. The van der Waals surface area contributed by atoms with Crippen LogP contribution in [0.3, 0.4) is 0 Å². The number of rotatable bonds is 2. The van der Waals surface area contributed by atoms with Crippen LogP contribution in [-0.2, 0) is 0 Å². The van der Waals surface area contributed by atoms with E-state index in [2.05, 4.69) is 29.6 Å². The summed E-state index contributed by atoms with van der Waals surface area (Å²) < 4.78 is 0. The van der Waals surface area contributed by atoms with Gasteiger partial charge in [-0.3, -0.25) is 0 Å². The van der Waals surface area contributed by atoms with Crippen molar-refractivity contribution in [1.29, 1.82) is 0 Å². The zero-order chi connectivity index (χ0) is 15.1. The SMILES string of the molecule is O=C(O)c1ccc(C2c3ccccc3C3CNCCC32)cc1. The van der Waals surface area contributed by atoms with Gasteiger partial charge in [-0.25, -0.2) is 4.79 Å². The van der Waals surface area contributed by atoms with Gasteiger partial charge in [0.25, 0.3) is 0 Å². The van der Waals surface area contributed by atoms with Crippen molar-refractivity contribution >= 4 is 5.97 Å². The Kier molecular flexibility index (Phi) is 3.23. The van der Waals surface area contributed by atoms with Crippen LogP contribution in [0, 0.1) is 5.92 Å². The standard InChI is InChI=1S/C19H19NO2/c21-19(22)13-7-5-12(6-8-13)18-15-4-2-1-3-14(15)17-11-20-10-9-16(17)18/h1-8,16-18,20H,9-11H2,(H,21,22). The largest absolute Gasteiger partial charge is 0.478 e. The Morgan fingerprint density at radius 2 is 1.77 bits per heavy atom. The minimum Gasteiger partial charge on any atom is -0.478 e. The van der Waals surface area contributed by atoms with E-state index in [9.17, 15) is 4.79 Å². The maximum atomic E-state index is 11.1. The molecule has 3 nitrogen and oxygen atoms in total. The molecule has 3 heteroatoms. The second kappa shape index (κ2) is 5.25. The van der Waals surface area contributed by atoms with Crippen LogP contribution in [0.15, 0.2) is 48.5 Å². The molecule has 3 atom stereocenters. The first-order chi connectivity index (χ1) is 10.8. The zero-order valence-electron chi connectivity index (χ0n) is 12.3. The van der Waals surface area contributed by atoms with Crippen molar-refractivity contribution < 1.29 is 9.90 Å². The number of hydrogen-bond acceptors (Lipinski definition) is 2. The summed E-state index contributed by atoms with van der Waals surface area (Å²) in [5, 5.41) is 12.6. The number of carboxylic acid groups (broad SMARTS) is 1. The molecule has 3 unspecified atom stereocenters. The van der Waals surface area contributed by atoms with E-state index in [1.165, 1.54) is 23.1 Å². The fraction of sp³-hybridized carbons (Fsp3) is 0.316. The van der Waals surface area contributed by atoms with E-state index in [0.717, 1.165) is 13.1 Å². The maximum Gasteiger partial charge on any atom is 0.335 e. The summed E-state index contributed by atoms with van der Waals surface area (Å²) >= 11 is 0. The van der Waals surface area contributed by atoms with E-state index in [1.54, 1.807) is 12.1 Å². The quantitative estimate of drug-likeness (QED) is 0.894. The smallest absolute Gasteiger partial charge is 0.335 e. The van der Waals surface area contributed by atoms with E-state index in [4.69, 9.17) is 5.11 Å². The lowest BCUT2D eigenvalue weighted by molar-refractivity contribution is 0.0697. The fourth-order valence-corrected chi connectivity index (χ4v) is 4.24. The Morgan fingerprint density at radius 3 is 2.50 bits per heavy atom. The van der Waals surface area contributed by atoms with Gasteiger partial charge in [0.05, 0.1) is 5.56 Å². The molecule has 2 aromatic rings. The number of hydrogen-bond donors (Lipinski definition) is 2. The molecule has 0 aromatic heterocycles. The topological polar surface area (TPSA) is 49.3 Å². The second-order valence-corrected chi connectivity index (χ2v) is 6.30. The van der Waals surface area contributed by atoms with Crippen LogP contribution in [0.25, 0.3) is 0 Å². The Labute approximate surface area is 130 Å². The summed E-state index contributed by atoms with van der Waals surface area (Å²) in [4.78, 5) is 11.1. The molecule has 0 amide bonds. The number of fused-ring (bicyclic) bond motifs is 3. The van der Waals surface area contributed by atoms with Crippen LogP contribution in [0.1, 0.15) is 45.3 Å². The van der Waals surface area contributed by atoms with Crippen molar-refractivity contribution in [1.82, 2.24) is 5.32 Å². The molecule has 1 aliphatic carbocycles. The third kappa shape index (κ3) is 2.04. The molecule has 2 aliphatic rings. The van der Waals surface area contributed by atoms with Gasteiger partial charge < -0.3 is 10.4 Å². The molecule has 0 bridgehead atoms. The molecule has 1 fully saturated rings. The van der Waals surface area contributed by atoms with Crippen LogP contribution in [0.5, 0.6) is 0 Å². The summed E-state index contributed by atoms with van der Waals surface area (Å²) in [5.74, 6) is 0.729. The van der Waals surface area contributed by atoms with Crippen molar-refractivity contribution in [3.63, 3.8) is 0 Å². The predicted octanol–water partition coefficient (Wildman–Crippen LogP) is 3.22. The van der Waals surface area contributed by atoms with Crippen molar-refractivity contribution in [3.05, 3.63) is 70.8 Å². The zero-order valence-corrected chi connectivity index (χ0v) is 12.3. The first-order valence-corrected chi connectivity index (χ1v) is 7.88. The van der Waals surface area contributed by atoms with Crippen molar-refractivity contribution in [3.8, 4) is 0 Å². The lowest BCUT2D eigenvalue weighted by atomic mass is 9.78. The predicted molar refractivity (Wildman–Crippen MR) is 85.4 cm³/mol. The van der Waals surface area contributed by atoms with Crippen molar-refractivity contribution in [2.45, 2.75) is 18.3 Å². The van der Waals surface area contributed by atoms with Crippen LogP contribution in [0.2, 0.25) is 0 Å². The molecule has 112 valence electrons. The molecule has 2 aromatic carbocycles. The van der Waals surface area contributed by atoms with Gasteiger partial charge in [0.1, 0.15) is 0 Å². The Bertz CT molecular complexity index is 708. The summed E-state index contributed by atoms with van der Waals surface area (Å²) in [6.07, 6.45) is 1.17. The second-order valence-electron chi connectivity index (χ2n) is 6.30. The van der Waals surface area contributed by atoms with Crippen LogP contribution >= 0.6 is 0 Å². The molecule has 0 saturated carbocycles. The highest BCUT2D eigenvalue weighted by atomic mass is 16.4. The highest BCUT2D eigenvalue weighted by Gasteiger charge is 2.42. The number of aromatic carboxylic acids is 1. The van der Waals surface area contributed by atoms with Gasteiger partial charge in [0.2, 0.25) is 0 Å². The summed E-state index contributed by atoms with van der Waals surface area (Å²) in [6.45, 7) is 2.12. The molecule has 22 heavy (non-hydrogen) atoms. The monoisotopic (exact) mass is 293 g/mol. The normalized spacial score (nSPS) is 26.3. The molecule has 2 N–H and O–H groups in total. The van der Waals surface area contributed by atoms with Gasteiger partial charge >= 0.3 is 5.97 Å². The average molecular weight is 293 g/mol. The maximum absolute atomic E-state index is 11.1. The summed E-state index contributed by atoms with van der Waals surface area (Å²) in [7, 11) is 0.